The third kappa shape index (κ3) is 2.12. The number of hydrogen-bond acceptors (Lipinski definition) is 1. The molecule has 0 unspecified atom stereocenters. The number of hydrogen-bond donors (Lipinski definition) is 0. The van der Waals surface area contributed by atoms with E-state index in [0.29, 0.717) is 0 Å². The molecule has 0 bridgehead atoms. The monoisotopic (exact) mass is 436 g/mol. The van der Waals surface area contributed by atoms with E-state index >= 15 is 0 Å². The number of nitrogens with zero attached hydrogens (tertiary/aromatic N) is 2. The Labute approximate surface area is 195 Å². The van der Waals surface area contributed by atoms with Gasteiger partial charge in [0.1, 0.15) is 5.58 Å². The van der Waals surface area contributed by atoms with Gasteiger partial charge in [0.2, 0.25) is 0 Å². The Morgan fingerprint density at radius 1 is 0.529 bits per heavy atom. The molecule has 160 valence electrons. The number of rotatable bonds is 1. The lowest BCUT2D eigenvalue weighted by atomic mass is 10.1. The first-order chi connectivity index (χ1) is 16.8. The predicted octanol–water partition coefficient (Wildman–Crippen LogP) is 8.33. The summed E-state index contributed by atoms with van der Waals surface area (Å²) in [6, 6.07) is 36.7. The first-order valence-corrected chi connectivity index (χ1v) is 11.6. The van der Waals surface area contributed by atoms with Gasteiger partial charge in [-0.15, -0.1) is 0 Å². The van der Waals surface area contributed by atoms with Crippen LogP contribution < -0.4 is 0 Å². The molecule has 0 spiro atoms. The van der Waals surface area contributed by atoms with Crippen molar-refractivity contribution in [3.05, 3.63) is 103 Å². The van der Waals surface area contributed by atoms with E-state index in [9.17, 15) is 0 Å². The van der Waals surface area contributed by atoms with Gasteiger partial charge < -0.3 is 13.6 Å². The Kier molecular flexibility index (Phi) is 3.33. The fraction of sp³-hybridized carbons (Fsp3) is 0.0323. The first kappa shape index (κ1) is 18.0. The molecule has 0 aliphatic heterocycles. The van der Waals surface area contributed by atoms with Crippen LogP contribution in [0.2, 0.25) is 0 Å². The van der Waals surface area contributed by atoms with Crippen molar-refractivity contribution in [2.75, 3.05) is 0 Å². The van der Waals surface area contributed by atoms with Crippen molar-refractivity contribution in [2.45, 2.75) is 0 Å². The molecule has 3 heteroatoms. The van der Waals surface area contributed by atoms with Crippen LogP contribution in [0.25, 0.3) is 71.2 Å². The number of para-hydroxylation sites is 3. The van der Waals surface area contributed by atoms with Crippen LogP contribution in [-0.2, 0) is 7.05 Å². The van der Waals surface area contributed by atoms with Crippen molar-refractivity contribution in [1.82, 2.24) is 9.13 Å². The summed E-state index contributed by atoms with van der Waals surface area (Å²) >= 11 is 0. The van der Waals surface area contributed by atoms with E-state index in [2.05, 4.69) is 113 Å². The molecule has 34 heavy (non-hydrogen) atoms. The second kappa shape index (κ2) is 6.30. The van der Waals surface area contributed by atoms with Gasteiger partial charge in [-0.05, 0) is 36.4 Å². The van der Waals surface area contributed by atoms with E-state index in [4.69, 9.17) is 4.42 Å². The van der Waals surface area contributed by atoms with E-state index in [1.54, 1.807) is 0 Å². The molecule has 0 amide bonds. The Morgan fingerprint density at radius 2 is 1.21 bits per heavy atom. The van der Waals surface area contributed by atoms with Gasteiger partial charge >= 0.3 is 0 Å². The fourth-order valence-corrected chi connectivity index (χ4v) is 5.86. The van der Waals surface area contributed by atoms with Crippen LogP contribution in [0.15, 0.2) is 108 Å². The van der Waals surface area contributed by atoms with E-state index in [1.807, 2.05) is 6.07 Å². The standard InChI is InChI=1S/C31H20N2O/c1-32-24-12-5-3-11-23(24)29-26(32)14-8-15-27(29)33-25-13-6-2-9-19(25)21-17-18-22-20-10-4-7-16-28(20)34-31(22)30(21)33/h2-18H,1H3. The van der Waals surface area contributed by atoms with Crippen LogP contribution >= 0.6 is 0 Å². The van der Waals surface area contributed by atoms with Crippen LogP contribution in [0.3, 0.4) is 0 Å². The van der Waals surface area contributed by atoms with Crippen LogP contribution in [-0.4, -0.2) is 9.13 Å². The van der Waals surface area contributed by atoms with Crippen LogP contribution in [0.5, 0.6) is 0 Å². The molecule has 0 saturated carbocycles. The Balaban J connectivity index is 1.66. The summed E-state index contributed by atoms with van der Waals surface area (Å²) in [5, 5.41) is 7.27. The quantitative estimate of drug-likeness (QED) is 0.254. The predicted molar refractivity (Wildman–Crippen MR) is 142 cm³/mol. The molecule has 0 fully saturated rings. The fourth-order valence-electron chi connectivity index (χ4n) is 5.86. The summed E-state index contributed by atoms with van der Waals surface area (Å²) in [5.41, 5.74) is 7.80. The highest BCUT2D eigenvalue weighted by molar-refractivity contribution is 6.23. The molecule has 0 N–H and O–H groups in total. The average Bonchev–Trinajstić information content (AvgIpc) is 3.52. The molecule has 8 aromatic rings. The van der Waals surface area contributed by atoms with Crippen molar-refractivity contribution >= 4 is 65.6 Å². The highest BCUT2D eigenvalue weighted by Crippen LogP contribution is 2.42. The van der Waals surface area contributed by atoms with Crippen LogP contribution in [0.1, 0.15) is 0 Å². The van der Waals surface area contributed by atoms with Crippen molar-refractivity contribution in [2.24, 2.45) is 7.05 Å². The third-order valence-corrected chi connectivity index (χ3v) is 7.34. The van der Waals surface area contributed by atoms with Crippen molar-refractivity contribution in [3.63, 3.8) is 0 Å². The smallest absolute Gasteiger partial charge is 0.160 e. The minimum absolute atomic E-state index is 0.921. The van der Waals surface area contributed by atoms with Gasteiger partial charge in [0.15, 0.2) is 5.58 Å². The maximum Gasteiger partial charge on any atom is 0.160 e. The Morgan fingerprint density at radius 3 is 2.09 bits per heavy atom. The summed E-state index contributed by atoms with van der Waals surface area (Å²) in [6.07, 6.45) is 0. The molecule has 3 nitrogen and oxygen atoms in total. The minimum atomic E-state index is 0.921. The number of aromatic nitrogens is 2. The highest BCUT2D eigenvalue weighted by Gasteiger charge is 2.21. The number of furan rings is 1. The maximum absolute atomic E-state index is 6.54. The molecular weight excluding hydrogens is 416 g/mol. The molecule has 0 saturated heterocycles. The molecule has 0 atom stereocenters. The molecular formula is C31H20N2O. The normalized spacial score (nSPS) is 12.3. The zero-order valence-corrected chi connectivity index (χ0v) is 18.6. The summed E-state index contributed by atoms with van der Waals surface area (Å²) in [7, 11) is 2.15. The van der Waals surface area contributed by atoms with Crippen LogP contribution in [0, 0.1) is 0 Å². The summed E-state index contributed by atoms with van der Waals surface area (Å²) in [5.74, 6) is 0. The second-order valence-corrected chi connectivity index (χ2v) is 9.04. The van der Waals surface area contributed by atoms with Crippen molar-refractivity contribution in [1.29, 1.82) is 0 Å². The number of aryl methyl sites for hydroxylation is 1. The van der Waals surface area contributed by atoms with Crippen molar-refractivity contribution < 1.29 is 4.42 Å². The maximum atomic E-state index is 6.54. The van der Waals surface area contributed by atoms with E-state index in [-0.39, 0.29) is 0 Å². The number of fused-ring (bicyclic) bond motifs is 10. The lowest BCUT2D eigenvalue weighted by molar-refractivity contribution is 0.671. The zero-order chi connectivity index (χ0) is 22.4. The molecule has 0 radical (unpaired) electrons. The second-order valence-electron chi connectivity index (χ2n) is 9.04. The molecule has 3 aromatic heterocycles. The van der Waals surface area contributed by atoms with E-state index in [0.717, 1.165) is 27.5 Å². The first-order valence-electron chi connectivity index (χ1n) is 11.6. The summed E-state index contributed by atoms with van der Waals surface area (Å²) in [6.45, 7) is 0. The largest absolute Gasteiger partial charge is 0.454 e. The molecule has 0 aliphatic carbocycles. The molecule has 0 aliphatic rings. The van der Waals surface area contributed by atoms with Gasteiger partial charge in [-0.3, -0.25) is 0 Å². The molecule has 8 rings (SSSR count). The Bertz CT molecular complexity index is 2080. The SMILES string of the molecule is Cn1c2ccccc2c2c(-n3c4ccccc4c4ccc5c6ccccc6oc5c43)cccc21. The van der Waals surface area contributed by atoms with E-state index in [1.165, 1.54) is 43.8 Å². The molecule has 3 heterocycles. The van der Waals surface area contributed by atoms with Gasteiger partial charge in [0, 0.05) is 44.9 Å². The summed E-state index contributed by atoms with van der Waals surface area (Å²) in [4.78, 5) is 0. The average molecular weight is 437 g/mol. The number of benzene rings is 5. The summed E-state index contributed by atoms with van der Waals surface area (Å²) < 4.78 is 11.2. The zero-order valence-electron chi connectivity index (χ0n) is 18.6. The van der Waals surface area contributed by atoms with Gasteiger partial charge in [-0.2, -0.15) is 0 Å². The van der Waals surface area contributed by atoms with Crippen molar-refractivity contribution in [3.8, 4) is 5.69 Å². The highest BCUT2D eigenvalue weighted by atomic mass is 16.3. The van der Waals surface area contributed by atoms with Gasteiger partial charge in [-0.25, -0.2) is 0 Å². The van der Waals surface area contributed by atoms with Crippen LogP contribution in [0.4, 0.5) is 0 Å². The minimum Gasteiger partial charge on any atom is -0.454 e. The Hall–Kier alpha value is -4.50. The topological polar surface area (TPSA) is 23.0 Å². The molecule has 5 aromatic carbocycles. The lowest BCUT2D eigenvalue weighted by Gasteiger charge is -2.10. The van der Waals surface area contributed by atoms with Gasteiger partial charge in [0.05, 0.1) is 22.2 Å². The van der Waals surface area contributed by atoms with E-state index < -0.39 is 0 Å². The van der Waals surface area contributed by atoms with Gasteiger partial charge in [-0.1, -0.05) is 66.7 Å². The third-order valence-electron chi connectivity index (χ3n) is 7.34. The van der Waals surface area contributed by atoms with Gasteiger partial charge in [0.25, 0.3) is 0 Å². The lowest BCUT2D eigenvalue weighted by Crippen LogP contribution is -1.95.